The zero-order valence-electron chi connectivity index (χ0n) is 16.0. The molecule has 5 rings (SSSR count). The van der Waals surface area contributed by atoms with E-state index in [1.165, 1.54) is 18.4 Å². The number of carbonyl (C=O) groups is 2. The number of carbonyl (C=O) groups excluding carboxylic acids is 2. The molecule has 4 heteroatoms. The van der Waals surface area contributed by atoms with Crippen LogP contribution in [0.2, 0.25) is 0 Å². The molecule has 0 aromatic carbocycles. The van der Waals surface area contributed by atoms with Crippen molar-refractivity contribution in [3.05, 3.63) is 11.6 Å². The molecule has 0 aromatic rings. The summed E-state index contributed by atoms with van der Waals surface area (Å²) in [5, 5.41) is 0. The number of hydrogen-bond donors (Lipinski definition) is 0. The van der Waals surface area contributed by atoms with Crippen LogP contribution in [0.1, 0.15) is 51.9 Å². The summed E-state index contributed by atoms with van der Waals surface area (Å²) in [6, 6.07) is 0. The summed E-state index contributed by atoms with van der Waals surface area (Å²) in [7, 11) is 1.62. The van der Waals surface area contributed by atoms with Gasteiger partial charge in [-0.2, -0.15) is 0 Å². The fourth-order valence-electron chi connectivity index (χ4n) is 7.81. The molecular formula is C22H30O4. The number of hydrogen-bond acceptors (Lipinski definition) is 4. The second-order valence-electron chi connectivity index (χ2n) is 9.71. The SMILES string of the molecule is COCC(=O)[C@H]1CCC2C3C[C@@H]4OC[C@@]5(CCC(=O)C=C45)C3CC[C@@]21C. The molecule has 2 bridgehead atoms. The fourth-order valence-corrected chi connectivity index (χ4v) is 7.81. The fraction of sp³-hybridized carbons (Fsp3) is 0.818. The van der Waals surface area contributed by atoms with Crippen LogP contribution >= 0.6 is 0 Å². The average Bonchev–Trinajstić information content (AvgIpc) is 3.09. The van der Waals surface area contributed by atoms with E-state index in [2.05, 4.69) is 6.92 Å². The summed E-state index contributed by atoms with van der Waals surface area (Å²) in [5.41, 5.74) is 1.57. The van der Waals surface area contributed by atoms with Crippen LogP contribution in [-0.4, -0.2) is 38.0 Å². The normalized spacial score (nSPS) is 49.2. The van der Waals surface area contributed by atoms with Gasteiger partial charge in [0.2, 0.25) is 0 Å². The van der Waals surface area contributed by atoms with Gasteiger partial charge in [0, 0.05) is 24.9 Å². The molecule has 3 unspecified atom stereocenters. The standard InChI is InChI=1S/C22H30O4/c1-21-7-6-16-14(15(21)3-4-17(21)19(24)11-25-2)10-20-18-9-13(23)5-8-22(16,18)12-26-20/h9,14-17,20H,3-8,10-12H2,1-2H3/t14?,15?,16?,17-,20+,21+,22+/m1/s1. The second-order valence-corrected chi connectivity index (χ2v) is 9.71. The topological polar surface area (TPSA) is 52.6 Å². The summed E-state index contributed by atoms with van der Waals surface area (Å²) < 4.78 is 11.4. The highest BCUT2D eigenvalue weighted by Crippen LogP contribution is 2.68. The Morgan fingerprint density at radius 2 is 2.12 bits per heavy atom. The van der Waals surface area contributed by atoms with Crippen molar-refractivity contribution < 1.29 is 19.1 Å². The van der Waals surface area contributed by atoms with E-state index in [4.69, 9.17) is 9.47 Å². The number of fused-ring (bicyclic) bond motifs is 3. The molecular weight excluding hydrogens is 328 g/mol. The van der Waals surface area contributed by atoms with Crippen LogP contribution in [0.15, 0.2) is 11.6 Å². The molecule has 4 aliphatic carbocycles. The van der Waals surface area contributed by atoms with Gasteiger partial charge in [-0.1, -0.05) is 6.92 Å². The molecule has 4 nitrogen and oxygen atoms in total. The summed E-state index contributed by atoms with van der Waals surface area (Å²) >= 11 is 0. The first kappa shape index (κ1) is 17.1. The number of ether oxygens (including phenoxy) is 2. The minimum absolute atomic E-state index is 0.122. The number of methoxy groups -OCH3 is 1. The lowest BCUT2D eigenvalue weighted by Gasteiger charge is -2.56. The molecule has 1 saturated heterocycles. The van der Waals surface area contributed by atoms with Crippen molar-refractivity contribution in [3.63, 3.8) is 0 Å². The Labute approximate surface area is 155 Å². The van der Waals surface area contributed by atoms with Crippen molar-refractivity contribution in [3.8, 4) is 0 Å². The lowest BCUT2D eigenvalue weighted by Crippen LogP contribution is -2.53. The molecule has 0 aromatic heterocycles. The molecule has 7 atom stereocenters. The van der Waals surface area contributed by atoms with Gasteiger partial charge < -0.3 is 9.47 Å². The molecule has 0 radical (unpaired) electrons. The molecule has 1 aliphatic heterocycles. The van der Waals surface area contributed by atoms with Gasteiger partial charge >= 0.3 is 0 Å². The first-order chi connectivity index (χ1) is 12.5. The van der Waals surface area contributed by atoms with Gasteiger partial charge in [0.15, 0.2) is 11.6 Å². The van der Waals surface area contributed by atoms with E-state index >= 15 is 0 Å². The van der Waals surface area contributed by atoms with E-state index in [1.807, 2.05) is 6.08 Å². The lowest BCUT2D eigenvalue weighted by molar-refractivity contribution is -0.133. The smallest absolute Gasteiger partial charge is 0.162 e. The Morgan fingerprint density at radius 3 is 2.92 bits per heavy atom. The van der Waals surface area contributed by atoms with Crippen LogP contribution in [-0.2, 0) is 19.1 Å². The van der Waals surface area contributed by atoms with Gasteiger partial charge in [0.1, 0.15) is 6.61 Å². The average molecular weight is 358 g/mol. The third-order valence-electron chi connectivity index (χ3n) is 8.91. The molecule has 0 amide bonds. The Hall–Kier alpha value is -1.00. The molecule has 1 heterocycles. The maximum Gasteiger partial charge on any atom is 0.162 e. The van der Waals surface area contributed by atoms with Gasteiger partial charge in [-0.15, -0.1) is 0 Å². The van der Waals surface area contributed by atoms with Crippen molar-refractivity contribution in [1.82, 2.24) is 0 Å². The third-order valence-corrected chi connectivity index (χ3v) is 8.91. The largest absolute Gasteiger partial charge is 0.377 e. The van der Waals surface area contributed by atoms with Gasteiger partial charge in [0.05, 0.1) is 12.7 Å². The van der Waals surface area contributed by atoms with Crippen molar-refractivity contribution >= 4 is 11.6 Å². The Balaban J connectivity index is 1.48. The number of ketones is 2. The molecule has 26 heavy (non-hydrogen) atoms. The molecule has 0 N–H and O–H groups in total. The predicted molar refractivity (Wildman–Crippen MR) is 96.5 cm³/mol. The van der Waals surface area contributed by atoms with E-state index in [0.717, 1.165) is 32.3 Å². The first-order valence-electron chi connectivity index (χ1n) is 10.4. The van der Waals surface area contributed by atoms with Gasteiger partial charge in [0.25, 0.3) is 0 Å². The Kier molecular flexibility index (Phi) is 3.78. The molecule has 4 fully saturated rings. The Bertz CT molecular complexity index is 682. The maximum absolute atomic E-state index is 12.7. The van der Waals surface area contributed by atoms with E-state index in [9.17, 15) is 9.59 Å². The van der Waals surface area contributed by atoms with E-state index < -0.39 is 0 Å². The van der Waals surface area contributed by atoms with Crippen LogP contribution in [0.4, 0.5) is 0 Å². The van der Waals surface area contributed by atoms with E-state index in [-0.39, 0.29) is 35.2 Å². The first-order valence-corrected chi connectivity index (χ1v) is 10.4. The summed E-state index contributed by atoms with van der Waals surface area (Å²) in [5.74, 6) is 2.65. The third kappa shape index (κ3) is 2.09. The monoisotopic (exact) mass is 358 g/mol. The summed E-state index contributed by atoms with van der Waals surface area (Å²) in [6.07, 6.45) is 9.29. The number of Topliss-reactive ketones (excluding diaryl/α,β-unsaturated/α-hetero) is 1. The zero-order chi connectivity index (χ0) is 18.1. The van der Waals surface area contributed by atoms with E-state index in [1.54, 1.807) is 7.11 Å². The quantitative estimate of drug-likeness (QED) is 0.776. The van der Waals surface area contributed by atoms with Crippen molar-refractivity contribution in [1.29, 1.82) is 0 Å². The lowest BCUT2D eigenvalue weighted by atomic mass is 9.46. The van der Waals surface area contributed by atoms with Gasteiger partial charge in [-0.25, -0.2) is 0 Å². The molecule has 5 aliphatic rings. The Morgan fingerprint density at radius 1 is 1.27 bits per heavy atom. The van der Waals surface area contributed by atoms with Gasteiger partial charge in [-0.3, -0.25) is 9.59 Å². The molecule has 3 saturated carbocycles. The van der Waals surface area contributed by atoms with Crippen LogP contribution in [0.3, 0.4) is 0 Å². The summed E-state index contributed by atoms with van der Waals surface area (Å²) in [4.78, 5) is 24.7. The predicted octanol–water partition coefficient (Wildman–Crippen LogP) is 3.34. The van der Waals surface area contributed by atoms with Crippen molar-refractivity contribution in [2.24, 2.45) is 34.5 Å². The van der Waals surface area contributed by atoms with Crippen LogP contribution < -0.4 is 0 Å². The highest BCUT2D eigenvalue weighted by molar-refractivity contribution is 5.92. The van der Waals surface area contributed by atoms with Crippen molar-refractivity contribution in [2.75, 3.05) is 20.3 Å². The van der Waals surface area contributed by atoms with Crippen molar-refractivity contribution in [2.45, 2.75) is 58.0 Å². The highest BCUT2D eigenvalue weighted by Gasteiger charge is 2.65. The van der Waals surface area contributed by atoms with E-state index in [0.29, 0.717) is 30.0 Å². The van der Waals surface area contributed by atoms with Crippen LogP contribution in [0, 0.1) is 34.5 Å². The second kappa shape index (κ2) is 5.75. The minimum atomic E-state index is 0.122. The maximum atomic E-state index is 12.7. The van der Waals surface area contributed by atoms with Crippen LogP contribution in [0.25, 0.3) is 0 Å². The molecule has 142 valence electrons. The summed E-state index contributed by atoms with van der Waals surface area (Å²) in [6.45, 7) is 3.44. The van der Waals surface area contributed by atoms with Gasteiger partial charge in [-0.05, 0) is 73.3 Å². The number of rotatable bonds is 3. The molecule has 0 spiro atoms. The highest BCUT2D eigenvalue weighted by atomic mass is 16.5. The minimum Gasteiger partial charge on any atom is -0.377 e. The zero-order valence-corrected chi connectivity index (χ0v) is 16.0. The van der Waals surface area contributed by atoms with Crippen LogP contribution in [0.5, 0.6) is 0 Å².